The van der Waals surface area contributed by atoms with Crippen molar-refractivity contribution < 1.29 is 19.4 Å². The Hall–Kier alpha value is -3.09. The lowest BCUT2D eigenvalue weighted by molar-refractivity contribution is 0.0696. The molecular weight excluding hydrogens is 428 g/mol. The Morgan fingerprint density at radius 1 is 1.25 bits per heavy atom. The molecule has 0 bridgehead atoms. The summed E-state index contributed by atoms with van der Waals surface area (Å²) in [4.78, 5) is 19.3. The van der Waals surface area contributed by atoms with Crippen molar-refractivity contribution >= 4 is 40.1 Å². The number of carboxylic acids is 1. The number of carboxylic acid groups (broad SMARTS) is 1. The van der Waals surface area contributed by atoms with Crippen LogP contribution < -0.4 is 9.47 Å². The fourth-order valence-electron chi connectivity index (χ4n) is 4.18. The Morgan fingerprint density at radius 2 is 2.03 bits per heavy atom. The lowest BCUT2D eigenvalue weighted by atomic mass is 9.92. The van der Waals surface area contributed by atoms with Gasteiger partial charge in [0.1, 0.15) is 0 Å². The largest absolute Gasteiger partial charge is 0.491 e. The minimum Gasteiger partial charge on any atom is -0.491 e. The maximum atomic E-state index is 12.3. The molecule has 7 heteroatoms. The number of hydrogen-bond donors (Lipinski definition) is 1. The van der Waals surface area contributed by atoms with E-state index in [2.05, 4.69) is 11.8 Å². The van der Waals surface area contributed by atoms with E-state index < -0.39 is 5.97 Å². The second-order valence-electron chi connectivity index (χ2n) is 7.58. The van der Waals surface area contributed by atoms with Crippen molar-refractivity contribution in [3.63, 3.8) is 0 Å². The molecule has 3 aromatic rings. The highest BCUT2D eigenvalue weighted by molar-refractivity contribution is 6.32. The molecule has 6 nitrogen and oxygen atoms in total. The Bertz CT molecular complexity index is 1220. The van der Waals surface area contributed by atoms with Gasteiger partial charge in [0.2, 0.25) is 0 Å². The Morgan fingerprint density at radius 3 is 2.72 bits per heavy atom. The Labute approximate surface area is 192 Å². The molecular formula is C25H25ClN2O4. The molecule has 0 radical (unpaired) electrons. The first-order valence-corrected chi connectivity index (χ1v) is 10.9. The van der Waals surface area contributed by atoms with Crippen LogP contribution in [0.3, 0.4) is 0 Å². The molecule has 0 unspecified atom stereocenters. The van der Waals surface area contributed by atoms with Crippen LogP contribution in [0.2, 0.25) is 5.02 Å². The van der Waals surface area contributed by atoms with Crippen molar-refractivity contribution in [1.29, 1.82) is 0 Å². The minimum absolute atomic E-state index is 0.317. The summed E-state index contributed by atoms with van der Waals surface area (Å²) >= 11 is 6.45. The van der Waals surface area contributed by atoms with Crippen LogP contribution in [0.4, 0.5) is 0 Å². The number of para-hydroxylation sites is 1. The maximum absolute atomic E-state index is 12.3. The fraction of sp³-hybridized carbons (Fsp3) is 0.280. The van der Waals surface area contributed by atoms with E-state index in [1.807, 2.05) is 49.4 Å². The summed E-state index contributed by atoms with van der Waals surface area (Å²) in [6.07, 6.45) is 2.00. The Kier molecular flexibility index (Phi) is 6.35. The van der Waals surface area contributed by atoms with E-state index in [1.165, 1.54) is 0 Å². The molecule has 0 saturated carbocycles. The van der Waals surface area contributed by atoms with Gasteiger partial charge in [-0.15, -0.1) is 0 Å². The summed E-state index contributed by atoms with van der Waals surface area (Å²) in [5, 5.41) is 11.2. The number of carbonyl (C=O) groups is 1. The number of methoxy groups -OCH3 is 1. The zero-order valence-corrected chi connectivity index (χ0v) is 19.1. The van der Waals surface area contributed by atoms with Crippen LogP contribution in [0, 0.1) is 0 Å². The van der Waals surface area contributed by atoms with E-state index in [0.717, 1.165) is 28.9 Å². The third kappa shape index (κ3) is 4.04. The average Bonchev–Trinajstić information content (AvgIpc) is 2.77. The van der Waals surface area contributed by atoms with Gasteiger partial charge in [-0.1, -0.05) is 36.7 Å². The number of ether oxygens (including phenoxy) is 2. The first kappa shape index (κ1) is 22.1. The Balaban J connectivity index is 1.94. The van der Waals surface area contributed by atoms with Gasteiger partial charge in [0.05, 0.1) is 35.5 Å². The summed E-state index contributed by atoms with van der Waals surface area (Å²) in [7, 11) is 1.56. The monoisotopic (exact) mass is 452 g/mol. The van der Waals surface area contributed by atoms with Gasteiger partial charge in [-0.25, -0.2) is 9.78 Å². The van der Waals surface area contributed by atoms with Gasteiger partial charge in [-0.3, -0.25) is 4.90 Å². The zero-order chi connectivity index (χ0) is 22.8. The number of aromatic nitrogens is 1. The van der Waals surface area contributed by atoms with Gasteiger partial charge in [0, 0.05) is 24.0 Å². The van der Waals surface area contributed by atoms with Gasteiger partial charge in [0.25, 0.3) is 0 Å². The lowest BCUT2D eigenvalue weighted by Gasteiger charge is -2.30. The summed E-state index contributed by atoms with van der Waals surface area (Å²) in [5.41, 5.74) is 4.21. The van der Waals surface area contributed by atoms with E-state index in [-0.39, 0.29) is 0 Å². The summed E-state index contributed by atoms with van der Waals surface area (Å²) in [6.45, 7) is 6.43. The van der Waals surface area contributed by atoms with E-state index in [1.54, 1.807) is 7.11 Å². The molecule has 0 saturated heterocycles. The average molecular weight is 453 g/mol. The molecule has 1 aliphatic heterocycles. The van der Waals surface area contributed by atoms with Gasteiger partial charge in [-0.2, -0.15) is 0 Å². The molecule has 1 N–H and O–H groups in total. The molecule has 166 valence electrons. The molecule has 2 heterocycles. The van der Waals surface area contributed by atoms with Crippen LogP contribution in [-0.4, -0.2) is 47.8 Å². The van der Waals surface area contributed by atoms with Gasteiger partial charge < -0.3 is 14.6 Å². The third-order valence-corrected chi connectivity index (χ3v) is 5.89. The molecule has 32 heavy (non-hydrogen) atoms. The van der Waals surface area contributed by atoms with Crippen LogP contribution in [-0.2, 0) is 6.54 Å². The minimum atomic E-state index is -0.941. The zero-order valence-electron chi connectivity index (χ0n) is 18.3. The van der Waals surface area contributed by atoms with Crippen molar-refractivity contribution in [3.05, 3.63) is 63.8 Å². The molecule has 0 fully saturated rings. The van der Waals surface area contributed by atoms with E-state index >= 15 is 0 Å². The molecule has 0 aliphatic carbocycles. The van der Waals surface area contributed by atoms with Gasteiger partial charge >= 0.3 is 5.97 Å². The molecule has 2 aromatic carbocycles. The number of hydrogen-bond acceptors (Lipinski definition) is 5. The highest BCUT2D eigenvalue weighted by Gasteiger charge is 2.28. The lowest BCUT2D eigenvalue weighted by Crippen LogP contribution is -2.31. The summed E-state index contributed by atoms with van der Waals surface area (Å²) in [6, 6.07) is 11.1. The quantitative estimate of drug-likeness (QED) is 0.542. The number of aromatic carboxylic acids is 1. The number of benzene rings is 2. The van der Waals surface area contributed by atoms with E-state index in [4.69, 9.17) is 26.1 Å². The third-order valence-electron chi connectivity index (χ3n) is 5.61. The normalized spacial score (nSPS) is 15.1. The smallest absolute Gasteiger partial charge is 0.336 e. The van der Waals surface area contributed by atoms with Crippen molar-refractivity contribution in [1.82, 2.24) is 9.88 Å². The maximum Gasteiger partial charge on any atom is 0.336 e. The predicted molar refractivity (Wildman–Crippen MR) is 127 cm³/mol. The molecule has 1 aromatic heterocycles. The van der Waals surface area contributed by atoms with E-state index in [9.17, 15) is 9.90 Å². The first-order chi connectivity index (χ1) is 15.5. The van der Waals surface area contributed by atoms with Crippen molar-refractivity contribution in [2.45, 2.75) is 20.4 Å². The number of nitrogens with zero attached hydrogens (tertiary/aromatic N) is 2. The van der Waals surface area contributed by atoms with Gasteiger partial charge in [0.15, 0.2) is 11.5 Å². The fourth-order valence-corrected chi connectivity index (χ4v) is 4.48. The molecule has 4 rings (SSSR count). The van der Waals surface area contributed by atoms with Crippen molar-refractivity contribution in [3.8, 4) is 11.5 Å². The number of pyridine rings is 1. The second kappa shape index (κ2) is 9.18. The number of fused-ring (bicyclic) bond motifs is 2. The molecule has 0 atom stereocenters. The van der Waals surface area contributed by atoms with Crippen LogP contribution in [0.5, 0.6) is 11.5 Å². The predicted octanol–water partition coefficient (Wildman–Crippen LogP) is 5.37. The standard InChI is InChI=1S/C25H25ClN2O4/c1-4-28-13-16(10-15-11-19(26)24(31-3)21(12-15)32-5-2)23-18(14-28)22(25(29)30)17-8-6-7-9-20(17)27-23/h6-12H,4-5,13-14H2,1-3H3,(H,29,30)/b16-10+. The van der Waals surface area contributed by atoms with Crippen LogP contribution in [0.25, 0.3) is 22.6 Å². The number of rotatable bonds is 6. The number of halogens is 1. The summed E-state index contributed by atoms with van der Waals surface area (Å²) < 4.78 is 11.1. The van der Waals surface area contributed by atoms with Crippen LogP contribution >= 0.6 is 11.6 Å². The topological polar surface area (TPSA) is 71.9 Å². The van der Waals surface area contributed by atoms with Crippen LogP contribution in [0.1, 0.15) is 41.0 Å². The molecule has 0 amide bonds. The van der Waals surface area contributed by atoms with E-state index in [0.29, 0.717) is 52.7 Å². The SMILES string of the molecule is CCOc1cc(/C=C2\CN(CC)Cc3c2nc2ccccc2c3C(=O)O)cc(Cl)c1OC. The van der Waals surface area contributed by atoms with Gasteiger partial charge in [-0.05, 0) is 48.9 Å². The van der Waals surface area contributed by atoms with Crippen molar-refractivity contribution in [2.75, 3.05) is 26.8 Å². The molecule has 0 spiro atoms. The summed E-state index contributed by atoms with van der Waals surface area (Å²) in [5.74, 6) is 0.117. The second-order valence-corrected chi connectivity index (χ2v) is 7.98. The number of likely N-dealkylation sites (N-methyl/N-ethyl adjacent to an activating group) is 1. The molecule has 1 aliphatic rings. The highest BCUT2D eigenvalue weighted by Crippen LogP contribution is 2.39. The van der Waals surface area contributed by atoms with Crippen LogP contribution in [0.15, 0.2) is 36.4 Å². The first-order valence-electron chi connectivity index (χ1n) is 10.5. The highest BCUT2D eigenvalue weighted by atomic mass is 35.5. The van der Waals surface area contributed by atoms with Crippen molar-refractivity contribution in [2.24, 2.45) is 0 Å².